The second kappa shape index (κ2) is 58.3. The van der Waals surface area contributed by atoms with E-state index < -0.39 is 11.9 Å². The molecule has 0 spiro atoms. The van der Waals surface area contributed by atoms with Gasteiger partial charge in [-0.1, -0.05) is 280 Å². The summed E-state index contributed by atoms with van der Waals surface area (Å²) in [5.74, 6) is 37.2. The summed E-state index contributed by atoms with van der Waals surface area (Å²) in [5.41, 5.74) is 39.1. The molecule has 0 bridgehead atoms. The van der Waals surface area contributed by atoms with Crippen molar-refractivity contribution in [1.82, 2.24) is 0 Å². The van der Waals surface area contributed by atoms with E-state index in [1.54, 1.807) is 24.3 Å². The third-order valence-electron chi connectivity index (χ3n) is 21.0. The molecule has 0 aliphatic rings. The number of rotatable bonds is 54. The Kier molecular flexibility index (Phi) is 47.7. The fourth-order valence-electron chi connectivity index (χ4n) is 14.0. The minimum Gasteiger partial charge on any atom is -0.489 e. The lowest BCUT2D eigenvalue weighted by molar-refractivity contribution is 0.00494. The number of benzene rings is 6. The van der Waals surface area contributed by atoms with Crippen LogP contribution in [0.3, 0.4) is 0 Å². The van der Waals surface area contributed by atoms with Gasteiger partial charge in [0.15, 0.2) is 11.5 Å². The highest BCUT2D eigenvalue weighted by atomic mass is 16.6. The van der Waals surface area contributed by atoms with Crippen molar-refractivity contribution in [3.63, 3.8) is 0 Å². The van der Waals surface area contributed by atoms with Crippen LogP contribution in [0.5, 0.6) is 11.5 Å². The number of anilines is 4. The number of esters is 2. The Bertz CT molecular complexity index is 4100. The first-order valence-corrected chi connectivity index (χ1v) is 44.5. The van der Waals surface area contributed by atoms with Crippen LogP contribution in [-0.2, 0) is 49.4 Å². The van der Waals surface area contributed by atoms with E-state index in [4.69, 9.17) is 81.8 Å². The Morgan fingerprint density at radius 3 is 0.689 bits per heavy atom. The molecule has 0 fully saturated rings. The zero-order valence-electron chi connectivity index (χ0n) is 72.7. The molecule has 6 aromatic rings. The molecular formula is C106H134N4O9. The van der Waals surface area contributed by atoms with Gasteiger partial charge >= 0.3 is 11.9 Å². The van der Waals surface area contributed by atoms with Gasteiger partial charge in [0.1, 0.15) is 13.2 Å². The normalized spacial score (nSPS) is 10.6. The van der Waals surface area contributed by atoms with E-state index >= 15 is 0 Å². The molecular weight excluding hydrogens is 1470 g/mol. The molecule has 0 saturated carbocycles. The minimum atomic E-state index is -0.508. The Morgan fingerprint density at radius 2 is 0.454 bits per heavy atom. The van der Waals surface area contributed by atoms with Crippen LogP contribution in [-0.4, -0.2) is 78.0 Å². The monoisotopic (exact) mass is 1610 g/mol. The molecule has 0 heterocycles. The first-order chi connectivity index (χ1) is 58.2. The summed E-state index contributed by atoms with van der Waals surface area (Å²) in [6.45, 7) is 15.1. The number of carbonyl (C=O) groups is 2. The lowest BCUT2D eigenvalue weighted by atomic mass is 9.98. The summed E-state index contributed by atoms with van der Waals surface area (Å²) in [6.07, 6.45) is 62.9. The van der Waals surface area contributed by atoms with Crippen LogP contribution in [0.4, 0.5) is 22.7 Å². The van der Waals surface area contributed by atoms with E-state index in [1.807, 2.05) is 48.5 Å². The lowest BCUT2D eigenvalue weighted by Crippen LogP contribution is -2.15. The Morgan fingerprint density at radius 1 is 0.252 bits per heavy atom. The van der Waals surface area contributed by atoms with Gasteiger partial charge in [0.2, 0.25) is 0 Å². The molecule has 119 heavy (non-hydrogen) atoms. The number of aryl methyl sites for hydroxylation is 4. The number of hydrogen-bond acceptors (Lipinski definition) is 13. The van der Waals surface area contributed by atoms with Gasteiger partial charge < -0.3 is 56.1 Å². The Labute approximate surface area is 716 Å². The third kappa shape index (κ3) is 35.5. The first kappa shape index (κ1) is 97.3. The second-order valence-corrected chi connectivity index (χ2v) is 30.8. The van der Waals surface area contributed by atoms with Gasteiger partial charge in [0.05, 0.1) is 109 Å². The molecule has 0 aliphatic heterocycles. The van der Waals surface area contributed by atoms with Crippen LogP contribution in [0.2, 0.25) is 0 Å². The van der Waals surface area contributed by atoms with Gasteiger partial charge in [0.25, 0.3) is 0 Å². The highest BCUT2D eigenvalue weighted by Gasteiger charge is 2.21. The molecule has 0 aromatic heterocycles. The molecule has 8 N–H and O–H groups in total. The van der Waals surface area contributed by atoms with Crippen molar-refractivity contribution in [1.29, 1.82) is 0 Å². The molecule has 6 aromatic carbocycles. The number of terminal acetylenes is 4. The molecule has 0 radical (unpaired) electrons. The molecule has 13 nitrogen and oxygen atoms in total. The molecule has 0 amide bonds. The summed E-state index contributed by atoms with van der Waals surface area (Å²) in [5, 5.41) is 0. The van der Waals surface area contributed by atoms with Crippen molar-refractivity contribution < 1.29 is 42.7 Å². The van der Waals surface area contributed by atoms with Crippen molar-refractivity contribution in [2.45, 2.75) is 273 Å². The first-order valence-electron chi connectivity index (χ1n) is 44.5. The lowest BCUT2D eigenvalue weighted by Gasteiger charge is -2.14. The number of unbranched alkanes of at least 4 members (excludes halogenated alkanes) is 26. The maximum atomic E-state index is 14.2. The van der Waals surface area contributed by atoms with Crippen molar-refractivity contribution in [2.24, 2.45) is 0 Å². The van der Waals surface area contributed by atoms with Crippen LogP contribution < -0.4 is 32.4 Å². The average molecular weight is 1610 g/mol. The fraction of sp³-hybridized carbons (Fsp3) is 0.491. The fourth-order valence-corrected chi connectivity index (χ4v) is 14.0. The highest BCUT2D eigenvalue weighted by Crippen LogP contribution is 2.32. The van der Waals surface area contributed by atoms with Gasteiger partial charge in [-0.15, -0.1) is 25.7 Å². The number of nitrogens with two attached hydrogens (primary N) is 4. The van der Waals surface area contributed by atoms with E-state index in [-0.39, 0.29) is 77.2 Å². The molecule has 13 heteroatoms. The number of hydrogen-bond donors (Lipinski definition) is 4. The van der Waals surface area contributed by atoms with Crippen molar-refractivity contribution >= 4 is 34.7 Å². The second-order valence-electron chi connectivity index (χ2n) is 30.8. The molecule has 0 unspecified atom stereocenters. The zero-order valence-corrected chi connectivity index (χ0v) is 72.7. The molecule has 632 valence electrons. The topological polar surface area (TPSA) is 203 Å². The van der Waals surface area contributed by atoms with Crippen LogP contribution in [0, 0.1) is 96.7 Å². The maximum Gasteiger partial charge on any atom is 0.338 e. The summed E-state index contributed by atoms with van der Waals surface area (Å²) >= 11 is 0. The van der Waals surface area contributed by atoms with Gasteiger partial charge in [-0.3, -0.25) is 0 Å². The van der Waals surface area contributed by atoms with Crippen molar-refractivity contribution in [2.75, 3.05) is 89.0 Å². The Balaban J connectivity index is 1.22. The molecule has 0 saturated heterocycles. The van der Waals surface area contributed by atoms with Gasteiger partial charge in [-0.05, 0) is 159 Å². The van der Waals surface area contributed by atoms with Gasteiger partial charge in [-0.25, -0.2) is 9.59 Å². The predicted molar refractivity (Wildman–Crippen MR) is 493 cm³/mol. The standard InChI is InChI=1S/C106H134N4O9/c1-11-21-27-29-31-33-35-37-39-45-59-118-105(111)97-77-93(55-51-89-73-81(47-41-23-13-3)69-85(17-7)99(89)107)103(94(78-97)56-52-90-74-82(48-42-24-14-4)70-86(18-8)100(90)108)116-67-65-114-63-61-113-62-64-115-66-68-117-104-95(57-53-91-75-83(49-43-25-15-5)71-87(19-9)101(91)109)79-98(106(112)119-60-46-40-38-36-34-32-30-28-22-12-2)80-96(104)58-54-92-76-84(50-44-26-16-6)72-88(20-10)102(92)110/h7-10,69-80H,11-16,21-50,59-68,107-110H2,1-6H3. The number of ether oxygens (including phenoxy) is 7. The van der Waals surface area contributed by atoms with Crippen LogP contribution in [0.25, 0.3) is 0 Å². The largest absolute Gasteiger partial charge is 0.489 e. The highest BCUT2D eigenvalue weighted by molar-refractivity contribution is 5.92. The van der Waals surface area contributed by atoms with Crippen molar-refractivity contribution in [3.05, 3.63) is 173 Å². The average Bonchev–Trinajstić information content (AvgIpc) is 0.811. The van der Waals surface area contributed by atoms with E-state index in [0.29, 0.717) is 101 Å². The predicted octanol–water partition coefficient (Wildman–Crippen LogP) is 22.1. The summed E-state index contributed by atoms with van der Waals surface area (Å²) in [6, 6.07) is 22.5. The van der Waals surface area contributed by atoms with E-state index in [9.17, 15) is 9.59 Å². The quantitative estimate of drug-likeness (QED) is 0.0122. The molecule has 6 rings (SSSR count). The summed E-state index contributed by atoms with van der Waals surface area (Å²) in [4.78, 5) is 28.5. The van der Waals surface area contributed by atoms with Crippen LogP contribution in [0.15, 0.2) is 72.8 Å². The van der Waals surface area contributed by atoms with Gasteiger partial charge in [0, 0.05) is 44.5 Å². The van der Waals surface area contributed by atoms with Crippen molar-refractivity contribution in [3.8, 4) is 108 Å². The summed E-state index contributed by atoms with van der Waals surface area (Å²) < 4.78 is 43.5. The molecule has 0 aliphatic carbocycles. The zero-order chi connectivity index (χ0) is 85.5. The van der Waals surface area contributed by atoms with Gasteiger partial charge in [-0.2, -0.15) is 0 Å². The smallest absolute Gasteiger partial charge is 0.338 e. The van der Waals surface area contributed by atoms with E-state index in [1.165, 1.54) is 77.0 Å². The third-order valence-corrected chi connectivity index (χ3v) is 21.0. The van der Waals surface area contributed by atoms with Crippen LogP contribution >= 0.6 is 0 Å². The number of carbonyl (C=O) groups excluding carboxylic acids is 2. The number of nitrogen functional groups attached to an aromatic ring is 4. The summed E-state index contributed by atoms with van der Waals surface area (Å²) in [7, 11) is 0. The van der Waals surface area contributed by atoms with E-state index in [2.05, 4.69) is 113 Å². The molecule has 0 atom stereocenters. The Hall–Kier alpha value is -10.6. The van der Waals surface area contributed by atoms with Crippen LogP contribution in [0.1, 0.15) is 357 Å². The van der Waals surface area contributed by atoms with E-state index in [0.717, 1.165) is 176 Å². The SMILES string of the molecule is C#Cc1cc(CCCCC)cc(C#Cc2cc(C(=O)OCCCCCCCCCCCC)cc(C#Cc3cc(CCCCC)cc(C#C)c3N)c2OCCOCCOCCOCCOc2c(C#Cc3cc(CCCCC)cc(C#C)c3N)cc(C(=O)OCCCCCCCCCCCC)cc2C#Cc2cc(CCCCC)cc(C#C)c2N)c1N. The maximum absolute atomic E-state index is 14.2. The minimum absolute atomic E-state index is 0.0779.